The fraction of sp³-hybridized carbons (Fsp3) is 0.692. The van der Waals surface area contributed by atoms with Crippen LogP contribution in [0.5, 0.6) is 0 Å². The summed E-state index contributed by atoms with van der Waals surface area (Å²) < 4.78 is 23.1. The number of hydrogen-bond acceptors (Lipinski definition) is 5. The first-order chi connectivity index (χ1) is 15.4. The van der Waals surface area contributed by atoms with Gasteiger partial charge in [-0.3, -0.25) is 19.2 Å². The quantitative estimate of drug-likeness (QED) is 0.422. The van der Waals surface area contributed by atoms with Gasteiger partial charge in [-0.15, -0.1) is 11.6 Å². The van der Waals surface area contributed by atoms with Crippen molar-refractivity contribution in [1.29, 1.82) is 0 Å². The van der Waals surface area contributed by atoms with Gasteiger partial charge in [-0.25, -0.2) is 4.39 Å². The number of esters is 1. The van der Waals surface area contributed by atoms with Crippen molar-refractivity contribution >= 4 is 34.9 Å². The van der Waals surface area contributed by atoms with Gasteiger partial charge < -0.3 is 4.74 Å². The van der Waals surface area contributed by atoms with Crippen LogP contribution in [0.15, 0.2) is 23.8 Å². The van der Waals surface area contributed by atoms with Crippen molar-refractivity contribution in [1.82, 2.24) is 0 Å². The molecule has 0 amide bonds. The van der Waals surface area contributed by atoms with E-state index >= 15 is 4.39 Å². The van der Waals surface area contributed by atoms with Crippen molar-refractivity contribution in [3.05, 3.63) is 23.8 Å². The third kappa shape index (κ3) is 2.95. The monoisotopic (exact) mass is 478 g/mol. The van der Waals surface area contributed by atoms with E-state index in [1.165, 1.54) is 12.2 Å². The molecule has 0 spiro atoms. The molecule has 3 fully saturated rings. The lowest BCUT2D eigenvalue weighted by Crippen LogP contribution is -2.68. The first-order valence-electron chi connectivity index (χ1n) is 11.9. The van der Waals surface area contributed by atoms with Gasteiger partial charge in [0.15, 0.2) is 28.6 Å². The number of fused-ring (bicyclic) bond motifs is 5. The topological polar surface area (TPSA) is 77.5 Å². The number of ether oxygens (including phenoxy) is 1. The zero-order chi connectivity index (χ0) is 24.4. The molecule has 4 aliphatic carbocycles. The minimum Gasteiger partial charge on any atom is -0.450 e. The number of ketones is 3. The molecule has 7 heteroatoms. The molecule has 0 heterocycles. The number of Topliss-reactive ketones (excluding diaryl/α,β-unsaturated/α-hetero) is 2. The Hall–Kier alpha value is -1.82. The van der Waals surface area contributed by atoms with Crippen molar-refractivity contribution in [3.8, 4) is 0 Å². The molecule has 0 bridgehead atoms. The lowest BCUT2D eigenvalue weighted by Gasteiger charge is -2.59. The van der Waals surface area contributed by atoms with Crippen molar-refractivity contribution in [2.24, 2.45) is 28.6 Å². The molecule has 4 rings (SSSR count). The zero-order valence-electron chi connectivity index (χ0n) is 19.7. The predicted molar refractivity (Wildman–Crippen MR) is 121 cm³/mol. The highest BCUT2D eigenvalue weighted by molar-refractivity contribution is 6.29. The highest BCUT2D eigenvalue weighted by atomic mass is 35.5. The molecule has 180 valence electrons. The summed E-state index contributed by atoms with van der Waals surface area (Å²) in [5.41, 5.74) is -5.35. The molecule has 3 unspecified atom stereocenters. The minimum absolute atomic E-state index is 0.153. The summed E-state index contributed by atoms with van der Waals surface area (Å²) in [5, 5.41) is 0. The first kappa shape index (κ1) is 24.3. The van der Waals surface area contributed by atoms with E-state index in [2.05, 4.69) is 0 Å². The maximum Gasteiger partial charge on any atom is 0.306 e. The van der Waals surface area contributed by atoms with E-state index in [0.717, 1.165) is 0 Å². The Morgan fingerprint density at radius 1 is 1.24 bits per heavy atom. The van der Waals surface area contributed by atoms with Crippen LogP contribution in [0.2, 0.25) is 0 Å². The summed E-state index contributed by atoms with van der Waals surface area (Å²) >= 11 is 6.02. The molecule has 0 aromatic carbocycles. The highest BCUT2D eigenvalue weighted by Gasteiger charge is 2.77. The SMILES string of the molecule is CCCC(=O)O[C@@]1(C(=O)CCl)[C@H](C)CC2C3CCC4=CC(=O)C=C[C@]4(C)C3(F)C(=O)C[C@@]21C. The number of carbonyl (C=O) groups is 4. The number of halogens is 2. The Labute approximate surface area is 199 Å². The molecule has 0 aromatic rings. The number of rotatable bonds is 5. The van der Waals surface area contributed by atoms with E-state index in [9.17, 15) is 19.2 Å². The number of hydrogen-bond donors (Lipinski definition) is 0. The molecule has 0 radical (unpaired) electrons. The van der Waals surface area contributed by atoms with E-state index in [-0.39, 0.29) is 30.4 Å². The number of carbonyl (C=O) groups excluding carboxylic acids is 4. The van der Waals surface area contributed by atoms with Crippen LogP contribution in [0.3, 0.4) is 0 Å². The van der Waals surface area contributed by atoms with Gasteiger partial charge in [0, 0.05) is 35.5 Å². The van der Waals surface area contributed by atoms with Gasteiger partial charge in [-0.05, 0) is 50.7 Å². The summed E-state index contributed by atoms with van der Waals surface area (Å²) in [5.74, 6) is -3.45. The fourth-order valence-corrected chi connectivity index (χ4v) is 7.86. The molecule has 0 aliphatic heterocycles. The van der Waals surface area contributed by atoms with Crippen LogP contribution in [-0.4, -0.2) is 40.5 Å². The minimum atomic E-state index is -2.19. The lowest BCUT2D eigenvalue weighted by molar-refractivity contribution is -0.201. The van der Waals surface area contributed by atoms with E-state index in [1.54, 1.807) is 19.9 Å². The Balaban J connectivity index is 1.84. The molecule has 5 nitrogen and oxygen atoms in total. The van der Waals surface area contributed by atoms with Crippen molar-refractivity contribution in [2.75, 3.05) is 5.88 Å². The molecular weight excluding hydrogens is 447 g/mol. The lowest BCUT2D eigenvalue weighted by atomic mass is 9.45. The van der Waals surface area contributed by atoms with Gasteiger partial charge >= 0.3 is 5.97 Å². The largest absolute Gasteiger partial charge is 0.450 e. The van der Waals surface area contributed by atoms with Crippen molar-refractivity contribution < 1.29 is 28.3 Å². The number of alkyl halides is 2. The van der Waals surface area contributed by atoms with E-state index in [1.807, 2.05) is 13.8 Å². The van der Waals surface area contributed by atoms with Gasteiger partial charge in [-0.1, -0.05) is 32.4 Å². The predicted octanol–water partition coefficient (Wildman–Crippen LogP) is 4.70. The molecule has 0 aromatic heterocycles. The molecule has 4 aliphatic rings. The average molecular weight is 479 g/mol. The van der Waals surface area contributed by atoms with Gasteiger partial charge in [0.05, 0.1) is 5.88 Å². The average Bonchev–Trinajstić information content (AvgIpc) is 2.97. The van der Waals surface area contributed by atoms with Gasteiger partial charge in [0.1, 0.15) is 0 Å². The summed E-state index contributed by atoms with van der Waals surface area (Å²) in [7, 11) is 0. The van der Waals surface area contributed by atoms with E-state index in [0.29, 0.717) is 31.3 Å². The van der Waals surface area contributed by atoms with Crippen LogP contribution in [0.25, 0.3) is 0 Å². The van der Waals surface area contributed by atoms with Crippen LogP contribution >= 0.6 is 11.6 Å². The van der Waals surface area contributed by atoms with Gasteiger partial charge in [0.25, 0.3) is 0 Å². The van der Waals surface area contributed by atoms with Crippen molar-refractivity contribution in [3.63, 3.8) is 0 Å². The third-order valence-corrected chi connectivity index (χ3v) is 9.45. The Morgan fingerprint density at radius 3 is 2.58 bits per heavy atom. The summed E-state index contributed by atoms with van der Waals surface area (Å²) in [6, 6.07) is 0. The van der Waals surface area contributed by atoms with Gasteiger partial charge in [0.2, 0.25) is 0 Å². The van der Waals surface area contributed by atoms with Crippen LogP contribution in [0.1, 0.15) is 66.2 Å². The Kier molecular flexibility index (Phi) is 5.79. The summed E-state index contributed by atoms with van der Waals surface area (Å²) in [6.07, 6.45) is 6.21. The van der Waals surface area contributed by atoms with Crippen LogP contribution < -0.4 is 0 Å². The molecule has 33 heavy (non-hydrogen) atoms. The maximum atomic E-state index is 17.1. The summed E-state index contributed by atoms with van der Waals surface area (Å²) in [6.45, 7) is 7.19. The molecule has 0 saturated heterocycles. The second-order valence-electron chi connectivity index (χ2n) is 10.7. The standard InChI is InChI=1S/C26H32ClFO5/c1-5-6-22(32)33-26(21(31)14-27)15(2)11-19-18-8-7-16-12-17(29)9-10-23(16,3)25(18,28)20(30)13-24(19,26)4/h9-10,12,15,18-19H,5-8,11,13-14H2,1-4H3/t15-,18?,19?,23+,24+,25?,26-/m1/s1. The van der Waals surface area contributed by atoms with E-state index in [4.69, 9.17) is 16.3 Å². The fourth-order valence-electron chi connectivity index (χ4n) is 7.66. The van der Waals surface area contributed by atoms with E-state index < -0.39 is 51.5 Å². The van der Waals surface area contributed by atoms with Gasteiger partial charge in [-0.2, -0.15) is 0 Å². The van der Waals surface area contributed by atoms with Crippen molar-refractivity contribution in [2.45, 2.75) is 77.5 Å². The zero-order valence-corrected chi connectivity index (χ0v) is 20.5. The van der Waals surface area contributed by atoms with Crippen LogP contribution in [0.4, 0.5) is 4.39 Å². The first-order valence-corrected chi connectivity index (χ1v) is 12.4. The van der Waals surface area contributed by atoms with Crippen LogP contribution in [0, 0.1) is 28.6 Å². The second kappa shape index (κ2) is 7.86. The smallest absolute Gasteiger partial charge is 0.306 e. The Morgan fingerprint density at radius 2 is 1.94 bits per heavy atom. The maximum absolute atomic E-state index is 17.1. The highest BCUT2D eigenvalue weighted by Crippen LogP contribution is 2.70. The Bertz CT molecular complexity index is 987. The molecular formula is C26H32ClFO5. The number of allylic oxidation sites excluding steroid dienone is 4. The molecule has 7 atom stereocenters. The molecule has 0 N–H and O–H groups in total. The third-order valence-electron chi connectivity index (χ3n) is 9.21. The molecule has 3 saturated carbocycles. The normalized spacial score (nSPS) is 43.9. The van der Waals surface area contributed by atoms with Crippen LogP contribution in [-0.2, 0) is 23.9 Å². The summed E-state index contributed by atoms with van der Waals surface area (Å²) in [4.78, 5) is 51.7. The second-order valence-corrected chi connectivity index (χ2v) is 11.0.